The lowest BCUT2D eigenvalue weighted by Crippen LogP contribution is -2.24. The molecular weight excluding hydrogens is 469 g/mol. The molecular formula is C19H14ClF3N6O4. The van der Waals surface area contributed by atoms with Crippen LogP contribution in [0.4, 0.5) is 24.5 Å². The molecule has 0 saturated heterocycles. The maximum absolute atomic E-state index is 13.1. The maximum atomic E-state index is 13.1. The average molecular weight is 483 g/mol. The normalized spacial score (nSPS) is 11.0. The molecule has 0 aliphatic heterocycles. The third-order valence-electron chi connectivity index (χ3n) is 4.01. The van der Waals surface area contributed by atoms with E-state index in [1.165, 1.54) is 30.6 Å². The number of rotatable bonds is 7. The number of carbonyl (C=O) groups is 3. The van der Waals surface area contributed by atoms with E-state index >= 15 is 0 Å². The Bertz CT molecular complexity index is 1170. The zero-order chi connectivity index (χ0) is 24.0. The molecule has 3 aromatic rings. The van der Waals surface area contributed by atoms with E-state index in [2.05, 4.69) is 20.8 Å². The molecule has 0 aliphatic carbocycles. The van der Waals surface area contributed by atoms with Crippen molar-refractivity contribution in [2.75, 3.05) is 17.2 Å². The molecule has 33 heavy (non-hydrogen) atoms. The van der Waals surface area contributed by atoms with Crippen molar-refractivity contribution in [3.8, 4) is 0 Å². The van der Waals surface area contributed by atoms with E-state index in [-0.39, 0.29) is 22.8 Å². The molecule has 0 fully saturated rings. The summed E-state index contributed by atoms with van der Waals surface area (Å²) in [6, 6.07) is 8.64. The number of benzene rings is 2. The van der Waals surface area contributed by atoms with Gasteiger partial charge in [0, 0.05) is 5.02 Å². The topological polar surface area (TPSA) is 128 Å². The number of anilines is 2. The zero-order valence-electron chi connectivity index (χ0n) is 16.5. The second kappa shape index (κ2) is 10.1. The lowest BCUT2D eigenvalue weighted by molar-refractivity contribution is -0.137. The Morgan fingerprint density at radius 2 is 1.76 bits per heavy atom. The molecule has 0 spiro atoms. The van der Waals surface area contributed by atoms with E-state index in [9.17, 15) is 27.6 Å². The van der Waals surface area contributed by atoms with Gasteiger partial charge in [0.2, 0.25) is 5.91 Å². The minimum absolute atomic E-state index is 0.0714. The number of nitrogens with one attached hydrogen (secondary N) is 2. The van der Waals surface area contributed by atoms with Crippen LogP contribution in [0.25, 0.3) is 0 Å². The first-order valence-corrected chi connectivity index (χ1v) is 9.44. The van der Waals surface area contributed by atoms with Crippen LogP contribution in [0.5, 0.6) is 0 Å². The molecule has 10 nitrogen and oxygen atoms in total. The number of ether oxygens (including phenoxy) is 1. The molecule has 3 rings (SSSR count). The molecule has 0 aliphatic rings. The van der Waals surface area contributed by atoms with Gasteiger partial charge in [-0.3, -0.25) is 9.59 Å². The van der Waals surface area contributed by atoms with Crippen LogP contribution in [0.3, 0.4) is 0 Å². The molecule has 0 atom stereocenters. The first kappa shape index (κ1) is 23.7. The largest absolute Gasteiger partial charge is 0.452 e. The lowest BCUT2D eigenvalue weighted by atomic mass is 10.1. The Labute approximate surface area is 188 Å². The van der Waals surface area contributed by atoms with Gasteiger partial charge in [0.15, 0.2) is 6.61 Å². The van der Waals surface area contributed by atoms with E-state index in [1.54, 1.807) is 6.07 Å². The summed E-state index contributed by atoms with van der Waals surface area (Å²) in [5.41, 5.74) is -1.66. The van der Waals surface area contributed by atoms with Gasteiger partial charge in [-0.1, -0.05) is 23.7 Å². The number of hydrogen-bond acceptors (Lipinski definition) is 7. The summed E-state index contributed by atoms with van der Waals surface area (Å²) in [6.45, 7) is -1.09. The van der Waals surface area contributed by atoms with Gasteiger partial charge in [0.05, 0.1) is 22.5 Å². The highest BCUT2D eigenvalue weighted by molar-refractivity contribution is 6.30. The minimum atomic E-state index is -4.76. The molecule has 2 aromatic carbocycles. The Balaban J connectivity index is 1.62. The summed E-state index contributed by atoms with van der Waals surface area (Å²) < 4.78 is 45.5. The summed E-state index contributed by atoms with van der Waals surface area (Å²) in [4.78, 5) is 36.6. The first-order chi connectivity index (χ1) is 15.6. The number of hydrogen-bond donors (Lipinski definition) is 2. The van der Waals surface area contributed by atoms with Crippen molar-refractivity contribution in [1.29, 1.82) is 0 Å². The predicted molar refractivity (Wildman–Crippen MR) is 108 cm³/mol. The molecule has 172 valence electrons. The van der Waals surface area contributed by atoms with E-state index in [0.29, 0.717) is 6.07 Å². The number of aromatic nitrogens is 4. The fourth-order valence-electron chi connectivity index (χ4n) is 2.61. The Kier molecular flexibility index (Phi) is 7.23. The highest BCUT2D eigenvalue weighted by Gasteiger charge is 2.34. The number of alkyl halides is 3. The van der Waals surface area contributed by atoms with Crippen LogP contribution in [0, 0.1) is 0 Å². The third-order valence-corrected chi connectivity index (χ3v) is 4.25. The lowest BCUT2D eigenvalue weighted by Gasteiger charge is -2.14. The SMILES string of the molecule is O=C(Cn1cnnn1)Nc1ccccc1C(=O)OCC(=O)Nc1ccc(Cl)cc1C(F)(F)F. The first-order valence-electron chi connectivity index (χ1n) is 9.07. The van der Waals surface area contributed by atoms with E-state index < -0.39 is 41.8 Å². The van der Waals surface area contributed by atoms with Gasteiger partial charge >= 0.3 is 12.1 Å². The van der Waals surface area contributed by atoms with Crippen LogP contribution < -0.4 is 10.6 Å². The number of amides is 2. The van der Waals surface area contributed by atoms with Crippen LogP contribution in [0.1, 0.15) is 15.9 Å². The number of carbonyl (C=O) groups excluding carboxylic acids is 3. The minimum Gasteiger partial charge on any atom is -0.452 e. The van der Waals surface area contributed by atoms with E-state index in [1.807, 2.05) is 5.32 Å². The number of esters is 1. The Morgan fingerprint density at radius 3 is 2.45 bits per heavy atom. The highest BCUT2D eigenvalue weighted by atomic mass is 35.5. The van der Waals surface area contributed by atoms with Crippen molar-refractivity contribution in [3.05, 3.63) is 64.9 Å². The average Bonchev–Trinajstić information content (AvgIpc) is 3.26. The van der Waals surface area contributed by atoms with Crippen LogP contribution in [0.2, 0.25) is 5.02 Å². The zero-order valence-corrected chi connectivity index (χ0v) is 17.2. The van der Waals surface area contributed by atoms with Gasteiger partial charge in [-0.2, -0.15) is 13.2 Å². The summed E-state index contributed by atoms with van der Waals surface area (Å²) >= 11 is 5.60. The summed E-state index contributed by atoms with van der Waals surface area (Å²) in [5, 5.41) is 14.7. The van der Waals surface area contributed by atoms with E-state index in [4.69, 9.17) is 16.3 Å². The molecule has 0 bridgehead atoms. The Hall–Kier alpha value is -4.00. The molecule has 0 saturated carbocycles. The predicted octanol–water partition coefficient (Wildman–Crippen LogP) is 2.78. The number of halogens is 4. The van der Waals surface area contributed by atoms with Crippen molar-refractivity contribution in [2.45, 2.75) is 12.7 Å². The van der Waals surface area contributed by atoms with Crippen LogP contribution in [-0.2, 0) is 27.0 Å². The van der Waals surface area contributed by atoms with Gasteiger partial charge in [-0.05, 0) is 40.8 Å². The quantitative estimate of drug-likeness (QED) is 0.495. The summed E-state index contributed by atoms with van der Waals surface area (Å²) in [7, 11) is 0. The van der Waals surface area contributed by atoms with Gasteiger partial charge in [0.1, 0.15) is 12.9 Å². The third kappa shape index (κ3) is 6.49. The standard InChI is InChI=1S/C19H14ClF3N6O4/c20-11-5-6-15(13(7-11)19(21,22)23)26-17(31)9-33-18(32)12-3-1-2-4-14(12)25-16(30)8-29-10-24-27-28-29/h1-7,10H,8-9H2,(H,25,30)(H,26,31). The van der Waals surface area contributed by atoms with Crippen LogP contribution in [0.15, 0.2) is 48.8 Å². The summed E-state index contributed by atoms with van der Waals surface area (Å²) in [5.74, 6) is -2.52. The highest BCUT2D eigenvalue weighted by Crippen LogP contribution is 2.36. The molecule has 1 aromatic heterocycles. The molecule has 1 heterocycles. The van der Waals surface area contributed by atoms with Crippen molar-refractivity contribution in [2.24, 2.45) is 0 Å². The van der Waals surface area contributed by atoms with Crippen molar-refractivity contribution in [1.82, 2.24) is 20.2 Å². The second-order valence-corrected chi connectivity index (χ2v) is 6.85. The molecule has 14 heteroatoms. The molecule has 0 radical (unpaired) electrons. The molecule has 2 amide bonds. The van der Waals surface area contributed by atoms with Gasteiger partial charge < -0.3 is 15.4 Å². The fraction of sp³-hybridized carbons (Fsp3) is 0.158. The maximum Gasteiger partial charge on any atom is 0.418 e. The number of nitrogens with zero attached hydrogens (tertiary/aromatic N) is 4. The van der Waals surface area contributed by atoms with Crippen molar-refractivity contribution in [3.63, 3.8) is 0 Å². The van der Waals surface area contributed by atoms with Gasteiger partial charge in [0.25, 0.3) is 5.91 Å². The molecule has 2 N–H and O–H groups in total. The van der Waals surface area contributed by atoms with Gasteiger partial charge in [-0.15, -0.1) is 5.10 Å². The fourth-order valence-corrected chi connectivity index (χ4v) is 2.79. The van der Waals surface area contributed by atoms with Crippen LogP contribution in [-0.4, -0.2) is 44.6 Å². The van der Waals surface area contributed by atoms with Crippen molar-refractivity contribution >= 4 is 40.8 Å². The molecule has 0 unspecified atom stereocenters. The van der Waals surface area contributed by atoms with Gasteiger partial charge in [-0.25, -0.2) is 9.48 Å². The second-order valence-electron chi connectivity index (χ2n) is 6.41. The number of para-hydroxylation sites is 1. The van der Waals surface area contributed by atoms with Crippen molar-refractivity contribution < 1.29 is 32.3 Å². The number of tetrazole rings is 1. The summed E-state index contributed by atoms with van der Waals surface area (Å²) in [6.07, 6.45) is -3.53. The monoisotopic (exact) mass is 482 g/mol. The Morgan fingerprint density at radius 1 is 1.03 bits per heavy atom. The van der Waals surface area contributed by atoms with Crippen LogP contribution >= 0.6 is 11.6 Å². The van der Waals surface area contributed by atoms with E-state index in [0.717, 1.165) is 10.7 Å². The smallest absolute Gasteiger partial charge is 0.418 e.